The first kappa shape index (κ1) is 34.1. The van der Waals surface area contributed by atoms with Crippen LogP contribution < -0.4 is 15.4 Å². The molecule has 256 valence electrons. The number of benzene rings is 3. The molecule has 0 aliphatic carbocycles. The minimum atomic E-state index is -4.13. The molecule has 50 heavy (non-hydrogen) atoms. The zero-order valence-corrected chi connectivity index (χ0v) is 28.7. The average Bonchev–Trinajstić information content (AvgIpc) is 3.49. The van der Waals surface area contributed by atoms with Crippen LogP contribution in [-0.2, 0) is 27.8 Å². The third-order valence-corrected chi connectivity index (χ3v) is 9.17. The van der Waals surface area contributed by atoms with Crippen LogP contribution in [0.25, 0.3) is 22.3 Å². The van der Waals surface area contributed by atoms with Gasteiger partial charge in [0, 0.05) is 37.1 Å². The summed E-state index contributed by atoms with van der Waals surface area (Å²) in [6, 6.07) is 23.8. The van der Waals surface area contributed by atoms with Crippen LogP contribution in [0.5, 0.6) is 11.5 Å². The van der Waals surface area contributed by atoms with Crippen molar-refractivity contribution in [2.45, 2.75) is 51.3 Å². The number of aromatic nitrogens is 4. The van der Waals surface area contributed by atoms with Crippen molar-refractivity contribution in [1.82, 2.24) is 24.2 Å². The Morgan fingerprint density at radius 2 is 1.64 bits per heavy atom. The largest absolute Gasteiger partial charge is 0.453 e. The summed E-state index contributed by atoms with van der Waals surface area (Å²) in [6.07, 6.45) is 3.58. The predicted molar refractivity (Wildman–Crippen MR) is 188 cm³/mol. The maximum absolute atomic E-state index is 15.5. The van der Waals surface area contributed by atoms with Crippen LogP contribution in [0.15, 0.2) is 109 Å². The van der Waals surface area contributed by atoms with Gasteiger partial charge >= 0.3 is 6.09 Å². The maximum atomic E-state index is 15.5. The van der Waals surface area contributed by atoms with Crippen molar-refractivity contribution in [3.05, 3.63) is 126 Å². The lowest BCUT2D eigenvalue weighted by molar-refractivity contribution is 0.0523. The lowest BCUT2D eigenvalue weighted by atomic mass is 10.1. The van der Waals surface area contributed by atoms with Gasteiger partial charge in [0.1, 0.15) is 23.5 Å². The summed E-state index contributed by atoms with van der Waals surface area (Å²) in [5, 5.41) is 6.18. The minimum Gasteiger partial charge on any atom is -0.453 e. The summed E-state index contributed by atoms with van der Waals surface area (Å²) in [5.74, 6) is -0.152. The number of amides is 1. The van der Waals surface area contributed by atoms with E-state index < -0.39 is 27.5 Å². The summed E-state index contributed by atoms with van der Waals surface area (Å²) in [4.78, 5) is 25.4. The van der Waals surface area contributed by atoms with E-state index >= 15 is 4.39 Å². The lowest BCUT2D eigenvalue weighted by Crippen LogP contribution is -2.32. The van der Waals surface area contributed by atoms with Gasteiger partial charge in [-0.2, -0.15) is 0 Å². The summed E-state index contributed by atoms with van der Waals surface area (Å²) in [6.45, 7) is 7.64. The second-order valence-electron chi connectivity index (χ2n) is 12.5. The second-order valence-corrected chi connectivity index (χ2v) is 14.3. The molecule has 0 fully saturated rings. The fourth-order valence-electron chi connectivity index (χ4n) is 5.12. The predicted octanol–water partition coefficient (Wildman–Crippen LogP) is 7.61. The molecule has 3 aromatic heterocycles. The van der Waals surface area contributed by atoms with Crippen molar-refractivity contribution < 1.29 is 27.1 Å². The lowest BCUT2D eigenvalue weighted by Gasteiger charge is -2.19. The Kier molecular flexibility index (Phi) is 9.51. The summed E-state index contributed by atoms with van der Waals surface area (Å²) >= 11 is 0. The Bertz CT molecular complexity index is 2270. The number of hydrogen-bond donors (Lipinski definition) is 2. The molecule has 6 aromatic rings. The molecule has 11 nitrogen and oxygen atoms in total. The van der Waals surface area contributed by atoms with Gasteiger partial charge in [-0.15, -0.1) is 0 Å². The Morgan fingerprint density at radius 3 is 2.36 bits per heavy atom. The molecule has 3 aromatic carbocycles. The summed E-state index contributed by atoms with van der Waals surface area (Å²) in [5.41, 5.74) is 2.58. The fourth-order valence-corrected chi connectivity index (χ4v) is 6.43. The van der Waals surface area contributed by atoms with Gasteiger partial charge in [-0.25, -0.2) is 36.5 Å². The van der Waals surface area contributed by atoms with E-state index in [0.29, 0.717) is 34.6 Å². The number of halogens is 1. The third-order valence-electron chi connectivity index (χ3n) is 7.51. The van der Waals surface area contributed by atoms with E-state index in [-0.39, 0.29) is 28.6 Å². The van der Waals surface area contributed by atoms with Gasteiger partial charge in [0.2, 0.25) is 0 Å². The van der Waals surface area contributed by atoms with E-state index in [1.54, 1.807) is 45.0 Å². The number of nitrogens with zero attached hydrogens (tertiary/aromatic N) is 4. The molecule has 0 bridgehead atoms. The van der Waals surface area contributed by atoms with Crippen molar-refractivity contribution in [3.63, 3.8) is 0 Å². The van der Waals surface area contributed by atoms with Gasteiger partial charge in [-0.3, -0.25) is 0 Å². The summed E-state index contributed by atoms with van der Waals surface area (Å²) < 4.78 is 55.9. The molecule has 6 rings (SSSR count). The van der Waals surface area contributed by atoms with E-state index in [2.05, 4.69) is 25.6 Å². The maximum Gasteiger partial charge on any atom is 0.407 e. The van der Waals surface area contributed by atoms with E-state index in [1.807, 2.05) is 37.3 Å². The van der Waals surface area contributed by atoms with Gasteiger partial charge in [0.25, 0.3) is 10.0 Å². The molecule has 0 aliphatic rings. The number of ether oxygens (including phenoxy) is 2. The quantitative estimate of drug-likeness (QED) is 0.148. The van der Waals surface area contributed by atoms with Gasteiger partial charge in [-0.1, -0.05) is 54.1 Å². The number of fused-ring (bicyclic) bond motifs is 1. The molecule has 0 aliphatic heterocycles. The highest BCUT2D eigenvalue weighted by atomic mass is 32.2. The molecule has 3 heterocycles. The third kappa shape index (κ3) is 7.73. The Hall–Kier alpha value is -5.82. The van der Waals surface area contributed by atoms with E-state index in [0.717, 1.165) is 15.1 Å². The number of nitrogens with one attached hydrogen (secondary N) is 2. The molecule has 1 amide bonds. The zero-order valence-electron chi connectivity index (χ0n) is 27.8. The second kappa shape index (κ2) is 14.0. The number of carbonyl (C=O) groups is 1. The first-order chi connectivity index (χ1) is 23.9. The molecule has 0 radical (unpaired) electrons. The Morgan fingerprint density at radius 1 is 0.880 bits per heavy atom. The highest BCUT2D eigenvalue weighted by Crippen LogP contribution is 2.39. The minimum absolute atomic E-state index is 0.0316. The molecular weight excluding hydrogens is 660 g/mol. The van der Waals surface area contributed by atoms with Crippen molar-refractivity contribution >= 4 is 33.0 Å². The smallest absolute Gasteiger partial charge is 0.407 e. The molecule has 0 spiro atoms. The molecule has 0 unspecified atom stereocenters. The highest BCUT2D eigenvalue weighted by molar-refractivity contribution is 7.90. The van der Waals surface area contributed by atoms with Gasteiger partial charge in [0.05, 0.1) is 16.0 Å². The number of anilines is 1. The van der Waals surface area contributed by atoms with Gasteiger partial charge in [-0.05, 0) is 69.2 Å². The topological polar surface area (TPSA) is 137 Å². The van der Waals surface area contributed by atoms with Crippen LogP contribution in [0, 0.1) is 12.7 Å². The molecule has 2 N–H and O–H groups in total. The normalized spacial score (nSPS) is 11.7. The van der Waals surface area contributed by atoms with Crippen LogP contribution >= 0.6 is 0 Å². The first-order valence-corrected chi connectivity index (χ1v) is 17.2. The number of rotatable bonds is 10. The number of alkyl carbamates (subject to hydrolysis) is 1. The number of pyridine rings is 1. The first-order valence-electron chi connectivity index (χ1n) is 15.7. The van der Waals surface area contributed by atoms with Crippen LogP contribution in [0.2, 0.25) is 0 Å². The highest BCUT2D eigenvalue weighted by Gasteiger charge is 2.26. The molecule has 13 heteroatoms. The van der Waals surface area contributed by atoms with Crippen molar-refractivity contribution in [3.8, 4) is 22.8 Å². The van der Waals surface area contributed by atoms with E-state index in [9.17, 15) is 13.2 Å². The number of carbonyl (C=O) groups excluding carboxylic acids is 1. The standard InChI is InChI=1S/C37H35FN6O5S/c1-24-10-13-27(14-11-24)50(46,47)44-22-28(30-19-33(43-23-42-30)40-20-25-8-6-5-7-9-25)34-32(16-17-39-35(34)44)48-31-15-12-26(18-29(31)38)21-41-36(45)49-37(2,3)4/h5-19,22-23H,20-21H2,1-4H3,(H,41,45)(H,40,42,43). The molecule has 0 saturated heterocycles. The Labute approximate surface area is 289 Å². The Balaban J connectivity index is 1.38. The van der Waals surface area contributed by atoms with Crippen molar-refractivity contribution in [2.24, 2.45) is 0 Å². The van der Waals surface area contributed by atoms with Gasteiger partial charge in [0.15, 0.2) is 17.2 Å². The van der Waals surface area contributed by atoms with Crippen LogP contribution in [0.1, 0.15) is 37.5 Å². The van der Waals surface area contributed by atoms with E-state index in [1.165, 1.54) is 49.1 Å². The number of aryl methyl sites for hydroxylation is 1. The molecule has 0 atom stereocenters. The SMILES string of the molecule is Cc1ccc(S(=O)(=O)n2cc(-c3cc(NCc4ccccc4)ncn3)c3c(Oc4ccc(CNC(=O)OC(C)(C)C)cc4F)ccnc32)cc1. The zero-order chi connectivity index (χ0) is 35.5. The van der Waals surface area contributed by atoms with Crippen LogP contribution in [-0.4, -0.2) is 39.0 Å². The van der Waals surface area contributed by atoms with E-state index in [4.69, 9.17) is 9.47 Å². The monoisotopic (exact) mass is 694 g/mol. The summed E-state index contributed by atoms with van der Waals surface area (Å²) in [7, 11) is -4.13. The fraction of sp³-hybridized carbons (Fsp3) is 0.189. The van der Waals surface area contributed by atoms with Crippen molar-refractivity contribution in [2.75, 3.05) is 5.32 Å². The van der Waals surface area contributed by atoms with Crippen LogP contribution in [0.4, 0.5) is 15.0 Å². The van der Waals surface area contributed by atoms with Crippen LogP contribution in [0.3, 0.4) is 0 Å². The molecule has 0 saturated carbocycles. The van der Waals surface area contributed by atoms with Crippen molar-refractivity contribution in [1.29, 1.82) is 0 Å². The molecular formula is C37H35FN6O5S. The van der Waals surface area contributed by atoms with Gasteiger partial charge < -0.3 is 20.1 Å². The number of hydrogen-bond acceptors (Lipinski definition) is 9. The average molecular weight is 695 g/mol.